The number of nitrogens with two attached hydrogens (primary N) is 1. The molecule has 0 bridgehead atoms. The summed E-state index contributed by atoms with van der Waals surface area (Å²) in [6.45, 7) is 0. The maximum Gasteiger partial charge on any atom is 0.196 e. The van der Waals surface area contributed by atoms with Gasteiger partial charge in [0.25, 0.3) is 0 Å². The maximum absolute atomic E-state index is 12.5. The van der Waals surface area contributed by atoms with Crippen LogP contribution in [-0.4, -0.2) is 19.9 Å². The Labute approximate surface area is 118 Å². The van der Waals surface area contributed by atoms with Crippen molar-refractivity contribution in [3.8, 4) is 0 Å². The van der Waals surface area contributed by atoms with Crippen molar-refractivity contribution >= 4 is 22.7 Å². The smallest absolute Gasteiger partial charge is 0.196 e. The van der Waals surface area contributed by atoms with Gasteiger partial charge in [-0.2, -0.15) is 0 Å². The second kappa shape index (κ2) is 4.53. The Balaban J connectivity index is 2.08. The van der Waals surface area contributed by atoms with E-state index in [4.69, 9.17) is 5.73 Å². The van der Waals surface area contributed by atoms with Crippen LogP contribution in [0.2, 0.25) is 0 Å². The first-order chi connectivity index (χ1) is 9.59. The molecule has 3 rings (SSSR count). The molecule has 3 heteroatoms. The van der Waals surface area contributed by atoms with Crippen molar-refractivity contribution < 1.29 is 4.79 Å². The number of rotatable bonds is 2. The van der Waals surface area contributed by atoms with Gasteiger partial charge in [-0.05, 0) is 17.7 Å². The predicted octanol–water partition coefficient (Wildman–Crippen LogP) is 2.78. The third kappa shape index (κ3) is 1.79. The fourth-order valence-electron chi connectivity index (χ4n) is 2.52. The molecule has 0 spiro atoms. The Morgan fingerprint density at radius 3 is 2.05 bits per heavy atom. The van der Waals surface area contributed by atoms with E-state index in [1.807, 2.05) is 67.5 Å². The third-order valence-corrected chi connectivity index (χ3v) is 3.63. The van der Waals surface area contributed by atoms with E-state index in [1.165, 1.54) is 0 Å². The molecule has 0 unspecified atom stereocenters. The number of fused-ring (bicyclic) bond motifs is 1. The number of hydrogen-bond donors (Lipinski definition) is 1. The minimum atomic E-state index is 0.00991. The Morgan fingerprint density at radius 1 is 0.900 bits per heavy atom. The van der Waals surface area contributed by atoms with Gasteiger partial charge in [0, 0.05) is 30.9 Å². The van der Waals surface area contributed by atoms with Crippen LogP contribution in [0, 0.1) is 0 Å². The van der Waals surface area contributed by atoms with Gasteiger partial charge in [0.05, 0.1) is 11.3 Å². The molecular weight excluding hydrogens is 248 g/mol. The number of allylic oxidation sites excluding steroid dienone is 1. The first-order valence-electron chi connectivity index (χ1n) is 6.51. The number of anilines is 1. The highest BCUT2D eigenvalue weighted by Crippen LogP contribution is 2.35. The fourth-order valence-corrected chi connectivity index (χ4v) is 2.52. The van der Waals surface area contributed by atoms with Crippen LogP contribution >= 0.6 is 0 Å². The Morgan fingerprint density at radius 2 is 1.50 bits per heavy atom. The zero-order valence-electron chi connectivity index (χ0n) is 11.6. The topological polar surface area (TPSA) is 46.3 Å². The van der Waals surface area contributed by atoms with E-state index in [2.05, 4.69) is 0 Å². The van der Waals surface area contributed by atoms with E-state index in [0.29, 0.717) is 16.8 Å². The molecule has 0 aromatic heterocycles. The highest BCUT2D eigenvalue weighted by molar-refractivity contribution is 6.39. The van der Waals surface area contributed by atoms with Gasteiger partial charge >= 0.3 is 0 Å². The Hall–Kier alpha value is -2.55. The minimum Gasteiger partial charge on any atom is -0.398 e. The lowest BCUT2D eigenvalue weighted by atomic mass is 10.0. The van der Waals surface area contributed by atoms with Crippen molar-refractivity contribution in [3.63, 3.8) is 0 Å². The van der Waals surface area contributed by atoms with Crippen molar-refractivity contribution in [2.45, 2.75) is 0 Å². The van der Waals surface area contributed by atoms with Crippen LogP contribution in [0.1, 0.15) is 21.5 Å². The molecule has 1 aliphatic rings. The molecule has 0 heterocycles. The summed E-state index contributed by atoms with van der Waals surface area (Å²) >= 11 is 0. The molecule has 3 nitrogen and oxygen atoms in total. The highest BCUT2D eigenvalue weighted by Gasteiger charge is 2.28. The molecule has 0 amide bonds. The summed E-state index contributed by atoms with van der Waals surface area (Å²) in [6.07, 6.45) is 0. The zero-order valence-corrected chi connectivity index (χ0v) is 11.6. The van der Waals surface area contributed by atoms with Gasteiger partial charge in [-0.3, -0.25) is 4.79 Å². The molecule has 20 heavy (non-hydrogen) atoms. The monoisotopic (exact) mass is 264 g/mol. The number of carbonyl (C=O) groups excluding carboxylic acids is 1. The van der Waals surface area contributed by atoms with Crippen LogP contribution in [-0.2, 0) is 0 Å². The van der Waals surface area contributed by atoms with Crippen molar-refractivity contribution in [2.75, 3.05) is 19.0 Å². The Bertz CT molecular complexity index is 712. The van der Waals surface area contributed by atoms with Crippen molar-refractivity contribution in [3.05, 3.63) is 65.2 Å². The lowest BCUT2D eigenvalue weighted by Gasteiger charge is -2.13. The van der Waals surface area contributed by atoms with E-state index in [9.17, 15) is 4.79 Å². The second-order valence-electron chi connectivity index (χ2n) is 5.10. The van der Waals surface area contributed by atoms with Gasteiger partial charge in [-0.25, -0.2) is 0 Å². The summed E-state index contributed by atoms with van der Waals surface area (Å²) in [5.41, 5.74) is 10.8. The summed E-state index contributed by atoms with van der Waals surface area (Å²) < 4.78 is 0. The molecule has 1 aliphatic carbocycles. The summed E-state index contributed by atoms with van der Waals surface area (Å²) in [5, 5.41) is 0. The quantitative estimate of drug-likeness (QED) is 0.907. The highest BCUT2D eigenvalue weighted by atomic mass is 16.1. The van der Waals surface area contributed by atoms with Crippen LogP contribution in [0.15, 0.2) is 48.5 Å². The number of Topliss-reactive ketones (excluding diaryl/α,β-unsaturated/α-hetero) is 1. The molecule has 100 valence electrons. The standard InChI is InChI=1S/C17H16N2O/c1-19(2)12-9-7-11(8-10-12)15-16(18)13-5-3-4-6-14(13)17(15)20/h3-10H,18H2,1-2H3. The molecule has 0 radical (unpaired) electrons. The van der Waals surface area contributed by atoms with Gasteiger partial charge < -0.3 is 10.6 Å². The molecule has 0 fully saturated rings. The zero-order chi connectivity index (χ0) is 14.3. The van der Waals surface area contributed by atoms with Crippen molar-refractivity contribution in [1.29, 1.82) is 0 Å². The molecule has 0 aliphatic heterocycles. The first kappa shape index (κ1) is 12.5. The molecule has 2 aromatic carbocycles. The van der Waals surface area contributed by atoms with Crippen molar-refractivity contribution in [2.24, 2.45) is 5.73 Å². The van der Waals surface area contributed by atoms with Gasteiger partial charge in [-0.15, -0.1) is 0 Å². The van der Waals surface area contributed by atoms with E-state index >= 15 is 0 Å². The van der Waals surface area contributed by atoms with Crippen LogP contribution < -0.4 is 10.6 Å². The fraction of sp³-hybridized carbons (Fsp3) is 0.118. The summed E-state index contributed by atoms with van der Waals surface area (Å²) in [5.74, 6) is 0.00991. The Kier molecular flexibility index (Phi) is 2.83. The number of ketones is 1. The summed E-state index contributed by atoms with van der Waals surface area (Å²) in [7, 11) is 3.97. The lowest BCUT2D eigenvalue weighted by Crippen LogP contribution is -2.08. The van der Waals surface area contributed by atoms with Gasteiger partial charge in [-0.1, -0.05) is 36.4 Å². The van der Waals surface area contributed by atoms with Crippen LogP contribution in [0.25, 0.3) is 11.3 Å². The average molecular weight is 264 g/mol. The van der Waals surface area contributed by atoms with E-state index in [1.54, 1.807) is 0 Å². The number of nitrogens with zero attached hydrogens (tertiary/aromatic N) is 1. The lowest BCUT2D eigenvalue weighted by molar-refractivity contribution is 0.105. The SMILES string of the molecule is CN(C)c1ccc(C2=C(N)c3ccccc3C2=O)cc1. The number of hydrogen-bond acceptors (Lipinski definition) is 3. The first-order valence-corrected chi connectivity index (χ1v) is 6.51. The third-order valence-electron chi connectivity index (χ3n) is 3.63. The van der Waals surface area contributed by atoms with Crippen molar-refractivity contribution in [1.82, 2.24) is 0 Å². The van der Waals surface area contributed by atoms with E-state index < -0.39 is 0 Å². The molecule has 2 N–H and O–H groups in total. The summed E-state index contributed by atoms with van der Waals surface area (Å²) in [6, 6.07) is 15.4. The van der Waals surface area contributed by atoms with E-state index in [0.717, 1.165) is 16.8 Å². The molecule has 0 atom stereocenters. The predicted molar refractivity (Wildman–Crippen MR) is 82.5 cm³/mol. The average Bonchev–Trinajstić information content (AvgIpc) is 2.72. The molecular formula is C17H16N2O. The molecule has 2 aromatic rings. The number of benzene rings is 2. The molecule has 0 saturated carbocycles. The van der Waals surface area contributed by atoms with Gasteiger partial charge in [0.2, 0.25) is 0 Å². The van der Waals surface area contributed by atoms with Gasteiger partial charge in [0.1, 0.15) is 0 Å². The second-order valence-corrected chi connectivity index (χ2v) is 5.10. The normalized spacial score (nSPS) is 13.6. The van der Waals surface area contributed by atoms with Gasteiger partial charge in [0.15, 0.2) is 5.78 Å². The molecule has 0 saturated heterocycles. The summed E-state index contributed by atoms with van der Waals surface area (Å²) in [4.78, 5) is 14.5. The van der Waals surface area contributed by atoms with Crippen LogP contribution in [0.5, 0.6) is 0 Å². The number of carbonyl (C=O) groups is 1. The minimum absolute atomic E-state index is 0.00991. The van der Waals surface area contributed by atoms with Crippen LogP contribution in [0.3, 0.4) is 0 Å². The maximum atomic E-state index is 12.5. The van der Waals surface area contributed by atoms with E-state index in [-0.39, 0.29) is 5.78 Å². The largest absolute Gasteiger partial charge is 0.398 e. The van der Waals surface area contributed by atoms with Crippen LogP contribution in [0.4, 0.5) is 5.69 Å².